The van der Waals surface area contributed by atoms with Gasteiger partial charge in [0.15, 0.2) is 18.1 Å². The standard InChI is InChI=1S/C10H11ClO3/c1-7-2-3-8-9(4-7)13-6-10(12,5-11)14-8/h2-4,12H,5-6H2,1H3/t10-/m1/s1. The number of halogens is 1. The highest BCUT2D eigenvalue weighted by atomic mass is 35.5. The van der Waals surface area contributed by atoms with E-state index >= 15 is 0 Å². The van der Waals surface area contributed by atoms with Crippen LogP contribution in [0.1, 0.15) is 5.56 Å². The molecule has 0 saturated heterocycles. The monoisotopic (exact) mass is 214 g/mol. The molecule has 0 spiro atoms. The topological polar surface area (TPSA) is 38.7 Å². The summed E-state index contributed by atoms with van der Waals surface area (Å²) in [5.74, 6) is -0.228. The van der Waals surface area contributed by atoms with Crippen LogP contribution in [0.25, 0.3) is 0 Å². The van der Waals surface area contributed by atoms with E-state index < -0.39 is 5.79 Å². The lowest BCUT2D eigenvalue weighted by atomic mass is 10.2. The van der Waals surface area contributed by atoms with Gasteiger partial charge in [0.2, 0.25) is 0 Å². The molecule has 0 fully saturated rings. The molecule has 0 bridgehead atoms. The summed E-state index contributed by atoms with van der Waals surface area (Å²) in [6.45, 7) is 2.03. The van der Waals surface area contributed by atoms with E-state index in [2.05, 4.69) is 0 Å². The van der Waals surface area contributed by atoms with Gasteiger partial charge in [-0.2, -0.15) is 0 Å². The fraction of sp³-hybridized carbons (Fsp3) is 0.400. The van der Waals surface area contributed by atoms with Crippen LogP contribution in [0.4, 0.5) is 0 Å². The SMILES string of the molecule is Cc1ccc2c(c1)OC[C@@](O)(CCl)O2. The van der Waals surface area contributed by atoms with E-state index in [-0.39, 0.29) is 12.5 Å². The molecule has 0 saturated carbocycles. The Labute approximate surface area is 87.2 Å². The minimum Gasteiger partial charge on any atom is -0.483 e. The second-order valence-corrected chi connectivity index (χ2v) is 3.69. The van der Waals surface area contributed by atoms with Crippen LogP contribution in [0.2, 0.25) is 0 Å². The number of rotatable bonds is 1. The molecule has 0 radical (unpaired) electrons. The number of benzene rings is 1. The Balaban J connectivity index is 2.31. The molecule has 1 atom stereocenters. The first kappa shape index (κ1) is 9.62. The molecule has 1 aliphatic heterocycles. The van der Waals surface area contributed by atoms with Gasteiger partial charge in [0.05, 0.1) is 5.88 Å². The van der Waals surface area contributed by atoms with Crippen molar-refractivity contribution in [1.29, 1.82) is 0 Å². The zero-order chi connectivity index (χ0) is 10.2. The van der Waals surface area contributed by atoms with Crippen LogP contribution in [0.3, 0.4) is 0 Å². The molecule has 0 amide bonds. The summed E-state index contributed by atoms with van der Waals surface area (Å²) in [6.07, 6.45) is 0. The van der Waals surface area contributed by atoms with Gasteiger partial charge in [0.25, 0.3) is 5.79 Å². The molecule has 1 aromatic rings. The number of hydrogen-bond donors (Lipinski definition) is 1. The lowest BCUT2D eigenvalue weighted by Gasteiger charge is -2.32. The molecule has 76 valence electrons. The van der Waals surface area contributed by atoms with Gasteiger partial charge >= 0.3 is 0 Å². The smallest absolute Gasteiger partial charge is 0.256 e. The third-order valence-corrected chi connectivity index (χ3v) is 2.48. The quantitative estimate of drug-likeness (QED) is 0.724. The van der Waals surface area contributed by atoms with Crippen LogP contribution in [0.15, 0.2) is 18.2 Å². The Hall–Kier alpha value is -0.930. The molecule has 0 unspecified atom stereocenters. The molecular weight excluding hydrogens is 204 g/mol. The fourth-order valence-corrected chi connectivity index (χ4v) is 1.43. The van der Waals surface area contributed by atoms with Crippen molar-refractivity contribution in [2.24, 2.45) is 0 Å². The number of aryl methyl sites for hydroxylation is 1. The third kappa shape index (κ3) is 1.65. The Bertz CT molecular complexity index is 353. The first-order valence-corrected chi connectivity index (χ1v) is 4.87. The van der Waals surface area contributed by atoms with Gasteiger partial charge in [0, 0.05) is 0 Å². The molecule has 2 rings (SSSR count). The normalized spacial score (nSPS) is 24.8. The number of hydrogen-bond acceptors (Lipinski definition) is 3. The zero-order valence-corrected chi connectivity index (χ0v) is 8.54. The maximum absolute atomic E-state index is 9.72. The number of ether oxygens (including phenoxy) is 2. The van der Waals surface area contributed by atoms with Crippen LogP contribution in [0, 0.1) is 6.92 Å². The lowest BCUT2D eigenvalue weighted by molar-refractivity contribution is -0.156. The summed E-state index contributed by atoms with van der Waals surface area (Å²) >= 11 is 5.56. The average Bonchev–Trinajstić information content (AvgIpc) is 2.19. The van der Waals surface area contributed by atoms with Crippen LogP contribution in [0.5, 0.6) is 11.5 Å². The maximum Gasteiger partial charge on any atom is 0.256 e. The lowest BCUT2D eigenvalue weighted by Crippen LogP contribution is -2.46. The van der Waals surface area contributed by atoms with E-state index in [1.165, 1.54) is 0 Å². The third-order valence-electron chi connectivity index (χ3n) is 2.06. The van der Waals surface area contributed by atoms with Crippen LogP contribution in [-0.2, 0) is 0 Å². The van der Waals surface area contributed by atoms with Gasteiger partial charge in [0.1, 0.15) is 0 Å². The summed E-state index contributed by atoms with van der Waals surface area (Å²) in [5, 5.41) is 9.72. The summed E-state index contributed by atoms with van der Waals surface area (Å²) in [4.78, 5) is 0. The van der Waals surface area contributed by atoms with Crippen molar-refractivity contribution < 1.29 is 14.6 Å². The predicted molar refractivity (Wildman–Crippen MR) is 53.0 cm³/mol. The van der Waals surface area contributed by atoms with E-state index in [1.807, 2.05) is 19.1 Å². The summed E-state index contributed by atoms with van der Waals surface area (Å²) < 4.78 is 10.7. The Morgan fingerprint density at radius 2 is 2.29 bits per heavy atom. The minimum absolute atomic E-state index is 0.0136. The largest absolute Gasteiger partial charge is 0.483 e. The van der Waals surface area contributed by atoms with Crippen LogP contribution < -0.4 is 9.47 Å². The first-order chi connectivity index (χ1) is 6.63. The highest BCUT2D eigenvalue weighted by molar-refractivity contribution is 6.18. The molecule has 1 N–H and O–H groups in total. The predicted octanol–water partition coefficient (Wildman–Crippen LogP) is 1.69. The number of alkyl halides is 1. The molecule has 3 nitrogen and oxygen atoms in total. The van der Waals surface area contributed by atoms with E-state index in [0.717, 1.165) is 5.56 Å². The van der Waals surface area contributed by atoms with Crippen molar-refractivity contribution in [3.05, 3.63) is 23.8 Å². The summed E-state index contributed by atoms with van der Waals surface area (Å²) in [7, 11) is 0. The zero-order valence-electron chi connectivity index (χ0n) is 7.79. The van der Waals surface area contributed by atoms with E-state index in [9.17, 15) is 5.11 Å². The van der Waals surface area contributed by atoms with Crippen molar-refractivity contribution in [3.8, 4) is 11.5 Å². The Morgan fingerprint density at radius 3 is 3.00 bits per heavy atom. The van der Waals surface area contributed by atoms with Gasteiger partial charge in [-0.05, 0) is 24.6 Å². The molecule has 14 heavy (non-hydrogen) atoms. The minimum atomic E-state index is -1.40. The maximum atomic E-state index is 9.72. The van der Waals surface area contributed by atoms with Crippen molar-refractivity contribution in [3.63, 3.8) is 0 Å². The average molecular weight is 215 g/mol. The molecule has 4 heteroatoms. The molecule has 1 heterocycles. The summed E-state index contributed by atoms with van der Waals surface area (Å²) in [6, 6.07) is 5.52. The van der Waals surface area contributed by atoms with Crippen molar-refractivity contribution in [2.75, 3.05) is 12.5 Å². The number of aliphatic hydroxyl groups is 1. The first-order valence-electron chi connectivity index (χ1n) is 4.34. The van der Waals surface area contributed by atoms with Crippen molar-refractivity contribution >= 4 is 11.6 Å². The van der Waals surface area contributed by atoms with Crippen molar-refractivity contribution in [1.82, 2.24) is 0 Å². The molecule has 1 aromatic carbocycles. The highest BCUT2D eigenvalue weighted by Gasteiger charge is 2.34. The fourth-order valence-electron chi connectivity index (χ4n) is 1.30. The second kappa shape index (κ2) is 3.33. The van der Waals surface area contributed by atoms with Crippen LogP contribution >= 0.6 is 11.6 Å². The van der Waals surface area contributed by atoms with E-state index in [4.69, 9.17) is 21.1 Å². The summed E-state index contributed by atoms with van der Waals surface area (Å²) in [5.41, 5.74) is 1.09. The molecular formula is C10H11ClO3. The molecule has 0 aliphatic carbocycles. The number of fused-ring (bicyclic) bond motifs is 1. The van der Waals surface area contributed by atoms with Gasteiger partial charge in [-0.15, -0.1) is 11.6 Å². The van der Waals surface area contributed by atoms with E-state index in [0.29, 0.717) is 11.5 Å². The Kier molecular flexibility index (Phi) is 2.29. The van der Waals surface area contributed by atoms with Crippen LogP contribution in [-0.4, -0.2) is 23.4 Å². The molecule has 0 aromatic heterocycles. The highest BCUT2D eigenvalue weighted by Crippen LogP contribution is 2.35. The molecule has 1 aliphatic rings. The van der Waals surface area contributed by atoms with Crippen molar-refractivity contribution in [2.45, 2.75) is 12.7 Å². The van der Waals surface area contributed by atoms with Gasteiger partial charge in [-0.3, -0.25) is 0 Å². The Morgan fingerprint density at radius 1 is 1.50 bits per heavy atom. The van der Waals surface area contributed by atoms with Gasteiger partial charge in [-0.1, -0.05) is 6.07 Å². The second-order valence-electron chi connectivity index (χ2n) is 3.42. The van der Waals surface area contributed by atoms with Gasteiger partial charge < -0.3 is 14.6 Å². The van der Waals surface area contributed by atoms with E-state index in [1.54, 1.807) is 6.07 Å². The van der Waals surface area contributed by atoms with Gasteiger partial charge in [-0.25, -0.2) is 0 Å².